The molecule has 1 aromatic carbocycles. The Balaban J connectivity index is 1.77. The molecule has 166 valence electrons. The highest BCUT2D eigenvalue weighted by Gasteiger charge is 2.18. The predicted molar refractivity (Wildman–Crippen MR) is 128 cm³/mol. The molecule has 0 spiro atoms. The fourth-order valence-corrected chi connectivity index (χ4v) is 4.63. The molecule has 0 bridgehead atoms. The van der Waals surface area contributed by atoms with Crippen molar-refractivity contribution in [2.75, 3.05) is 6.61 Å². The number of hydrogen-bond donors (Lipinski definition) is 2. The van der Waals surface area contributed by atoms with Crippen LogP contribution in [0.5, 0.6) is 5.75 Å². The van der Waals surface area contributed by atoms with Crippen LogP contribution in [0.3, 0.4) is 0 Å². The van der Waals surface area contributed by atoms with Crippen molar-refractivity contribution in [3.05, 3.63) is 83.7 Å². The SMILES string of the molecule is Cc1ccc(-c2c(C)sc3[nH]c(=O)n(Cc4cc(=O)c(OCC(C)C)c[nH]4)c(=O)c23)cc1. The summed E-state index contributed by atoms with van der Waals surface area (Å²) >= 11 is 1.39. The quantitative estimate of drug-likeness (QED) is 0.466. The molecule has 0 unspecified atom stereocenters. The largest absolute Gasteiger partial charge is 0.488 e. The Hall–Kier alpha value is -3.39. The number of ether oxygens (including phenoxy) is 1. The molecule has 0 amide bonds. The molecular formula is C24H25N3O4S. The molecule has 32 heavy (non-hydrogen) atoms. The monoisotopic (exact) mass is 451 g/mol. The van der Waals surface area contributed by atoms with Gasteiger partial charge in [-0.05, 0) is 25.3 Å². The van der Waals surface area contributed by atoms with Crippen LogP contribution in [-0.4, -0.2) is 21.1 Å². The molecule has 0 aliphatic carbocycles. The topological polar surface area (TPSA) is 96.9 Å². The molecule has 7 nitrogen and oxygen atoms in total. The van der Waals surface area contributed by atoms with Gasteiger partial charge in [-0.15, -0.1) is 11.3 Å². The van der Waals surface area contributed by atoms with Gasteiger partial charge in [-0.25, -0.2) is 4.79 Å². The van der Waals surface area contributed by atoms with Gasteiger partial charge >= 0.3 is 5.69 Å². The van der Waals surface area contributed by atoms with Crippen molar-refractivity contribution >= 4 is 21.6 Å². The first-order valence-corrected chi connectivity index (χ1v) is 11.2. The van der Waals surface area contributed by atoms with Crippen molar-refractivity contribution in [1.82, 2.24) is 14.5 Å². The van der Waals surface area contributed by atoms with Gasteiger partial charge in [0.15, 0.2) is 5.75 Å². The zero-order valence-corrected chi connectivity index (χ0v) is 19.3. The number of aromatic nitrogens is 3. The van der Waals surface area contributed by atoms with Crippen molar-refractivity contribution in [2.24, 2.45) is 5.92 Å². The van der Waals surface area contributed by atoms with Crippen molar-refractivity contribution in [2.45, 2.75) is 34.2 Å². The maximum Gasteiger partial charge on any atom is 0.329 e. The van der Waals surface area contributed by atoms with Crippen molar-refractivity contribution in [3.63, 3.8) is 0 Å². The van der Waals surface area contributed by atoms with Gasteiger partial charge in [0.05, 0.1) is 18.5 Å². The van der Waals surface area contributed by atoms with Crippen LogP contribution in [0.25, 0.3) is 21.3 Å². The maximum atomic E-state index is 13.4. The van der Waals surface area contributed by atoms with Gasteiger partial charge in [0, 0.05) is 28.4 Å². The zero-order valence-electron chi connectivity index (χ0n) is 18.4. The highest BCUT2D eigenvalue weighted by Crippen LogP contribution is 2.35. The number of H-pyrrole nitrogens is 2. The number of rotatable bonds is 6. The van der Waals surface area contributed by atoms with E-state index in [2.05, 4.69) is 9.97 Å². The normalized spacial score (nSPS) is 11.4. The molecule has 4 aromatic rings. The van der Waals surface area contributed by atoms with Gasteiger partial charge in [-0.2, -0.15) is 0 Å². The number of aryl methyl sites for hydroxylation is 2. The van der Waals surface area contributed by atoms with Crippen molar-refractivity contribution < 1.29 is 4.74 Å². The molecule has 8 heteroatoms. The summed E-state index contributed by atoms with van der Waals surface area (Å²) in [4.78, 5) is 45.8. The van der Waals surface area contributed by atoms with Gasteiger partial charge in [0.25, 0.3) is 5.56 Å². The number of benzene rings is 1. The van der Waals surface area contributed by atoms with Gasteiger partial charge in [0.1, 0.15) is 4.83 Å². The Labute approximate surface area is 188 Å². The van der Waals surface area contributed by atoms with Crippen molar-refractivity contribution in [3.8, 4) is 16.9 Å². The molecule has 3 heterocycles. The molecule has 2 N–H and O–H groups in total. The Kier molecular flexibility index (Phi) is 5.88. The van der Waals surface area contributed by atoms with E-state index in [9.17, 15) is 14.4 Å². The molecule has 0 radical (unpaired) electrons. The van der Waals surface area contributed by atoms with Gasteiger partial charge < -0.3 is 9.72 Å². The molecule has 0 saturated heterocycles. The molecular weight excluding hydrogens is 426 g/mol. The van der Waals surface area contributed by atoms with Crippen molar-refractivity contribution in [1.29, 1.82) is 0 Å². The lowest BCUT2D eigenvalue weighted by Gasteiger charge is -2.10. The standard InChI is InChI=1S/C24H25N3O4S/c1-13(2)12-31-19-10-25-17(9-18(19)28)11-27-23(29)21-20(16-7-5-14(3)6-8-16)15(4)32-22(21)26-24(27)30/h5-10,13H,11-12H2,1-4H3,(H,25,28)(H,26,30). The summed E-state index contributed by atoms with van der Waals surface area (Å²) < 4.78 is 6.62. The number of fused-ring (bicyclic) bond motifs is 1. The van der Waals surface area contributed by atoms with E-state index in [1.165, 1.54) is 23.6 Å². The smallest absolute Gasteiger partial charge is 0.329 e. The third kappa shape index (κ3) is 4.18. The number of thiophene rings is 1. The van der Waals surface area contributed by atoms with E-state index in [0.717, 1.165) is 26.1 Å². The highest BCUT2D eigenvalue weighted by atomic mass is 32.1. The van der Waals surface area contributed by atoms with Crippen LogP contribution in [-0.2, 0) is 6.54 Å². The van der Waals surface area contributed by atoms with Gasteiger partial charge in [0.2, 0.25) is 5.43 Å². The summed E-state index contributed by atoms with van der Waals surface area (Å²) in [5.74, 6) is 0.504. The minimum atomic E-state index is -0.514. The Bertz CT molecular complexity index is 1460. The van der Waals surface area contributed by atoms with Crippen LogP contribution in [0.2, 0.25) is 0 Å². The Morgan fingerprint density at radius 3 is 2.47 bits per heavy atom. The summed E-state index contributed by atoms with van der Waals surface area (Å²) in [6, 6.07) is 9.32. The first kappa shape index (κ1) is 21.8. The maximum absolute atomic E-state index is 13.4. The number of nitrogens with one attached hydrogen (secondary N) is 2. The summed E-state index contributed by atoms with van der Waals surface area (Å²) in [7, 11) is 0. The van der Waals surface area contributed by atoms with Crippen LogP contribution < -0.4 is 21.4 Å². The molecule has 4 rings (SSSR count). The lowest BCUT2D eigenvalue weighted by molar-refractivity contribution is 0.267. The van der Waals surface area contributed by atoms with E-state index in [4.69, 9.17) is 4.74 Å². The first-order valence-electron chi connectivity index (χ1n) is 10.4. The van der Waals surface area contributed by atoms with E-state index in [0.29, 0.717) is 22.5 Å². The molecule has 3 aromatic heterocycles. The number of hydrogen-bond acceptors (Lipinski definition) is 5. The third-order valence-corrected chi connectivity index (χ3v) is 6.21. The number of aromatic amines is 2. The number of pyridine rings is 1. The lowest BCUT2D eigenvalue weighted by atomic mass is 10.0. The van der Waals surface area contributed by atoms with Crippen LogP contribution in [0.15, 0.2) is 50.9 Å². The van der Waals surface area contributed by atoms with Crippen LogP contribution >= 0.6 is 11.3 Å². The summed E-state index contributed by atoms with van der Waals surface area (Å²) in [5.41, 5.74) is 2.13. The summed E-state index contributed by atoms with van der Waals surface area (Å²) in [5, 5.41) is 0.482. The predicted octanol–water partition coefficient (Wildman–Crippen LogP) is 3.81. The summed E-state index contributed by atoms with van der Waals surface area (Å²) in [6.07, 6.45) is 1.48. The number of nitrogens with zero attached hydrogens (tertiary/aromatic N) is 1. The van der Waals surface area contributed by atoms with E-state index in [-0.39, 0.29) is 29.2 Å². The second-order valence-corrected chi connectivity index (χ2v) is 9.54. The second-order valence-electron chi connectivity index (χ2n) is 8.32. The lowest BCUT2D eigenvalue weighted by Crippen LogP contribution is -2.35. The minimum absolute atomic E-state index is 0.0496. The first-order chi connectivity index (χ1) is 15.2. The zero-order chi connectivity index (χ0) is 23.0. The average molecular weight is 452 g/mol. The fraction of sp³-hybridized carbons (Fsp3) is 0.292. The van der Waals surface area contributed by atoms with E-state index in [1.54, 1.807) is 0 Å². The van der Waals surface area contributed by atoms with Gasteiger partial charge in [-0.3, -0.25) is 19.1 Å². The Morgan fingerprint density at radius 2 is 1.81 bits per heavy atom. The van der Waals surface area contributed by atoms with Crippen LogP contribution in [0.1, 0.15) is 30.0 Å². The highest BCUT2D eigenvalue weighted by molar-refractivity contribution is 7.19. The molecule has 0 fully saturated rings. The van der Waals surface area contributed by atoms with Crippen LogP contribution in [0, 0.1) is 19.8 Å². The fourth-order valence-electron chi connectivity index (χ4n) is 3.57. The Morgan fingerprint density at radius 1 is 1.09 bits per heavy atom. The molecule has 0 aliphatic heterocycles. The third-order valence-electron chi connectivity index (χ3n) is 5.19. The molecule has 0 aliphatic rings. The van der Waals surface area contributed by atoms with E-state index < -0.39 is 5.69 Å². The van der Waals surface area contributed by atoms with E-state index >= 15 is 0 Å². The minimum Gasteiger partial charge on any atom is -0.488 e. The molecule has 0 atom stereocenters. The van der Waals surface area contributed by atoms with Crippen LogP contribution in [0.4, 0.5) is 0 Å². The average Bonchev–Trinajstić information content (AvgIpc) is 3.06. The second kappa shape index (κ2) is 8.63. The molecule has 0 saturated carbocycles. The van der Waals surface area contributed by atoms with Gasteiger partial charge in [-0.1, -0.05) is 43.7 Å². The summed E-state index contributed by atoms with van der Waals surface area (Å²) in [6.45, 7) is 8.31. The van der Waals surface area contributed by atoms with E-state index in [1.807, 2.05) is 52.0 Å².